The zero-order valence-corrected chi connectivity index (χ0v) is 9.18. The molecule has 1 heterocycles. The highest BCUT2D eigenvalue weighted by Crippen LogP contribution is 2.07. The third kappa shape index (κ3) is 4.73. The molecular weight excluding hydrogens is 208 g/mol. The SMILES string of the molecule is COCCOCCOc1ccc(C#N)nc1. The Morgan fingerprint density at radius 2 is 2.06 bits per heavy atom. The highest BCUT2D eigenvalue weighted by molar-refractivity contribution is 5.26. The minimum Gasteiger partial charge on any atom is -0.490 e. The molecule has 0 fully saturated rings. The van der Waals surface area contributed by atoms with Gasteiger partial charge in [-0.2, -0.15) is 5.26 Å². The highest BCUT2D eigenvalue weighted by Gasteiger charge is 1.95. The average Bonchev–Trinajstić information content (AvgIpc) is 2.34. The molecule has 0 N–H and O–H groups in total. The van der Waals surface area contributed by atoms with Crippen molar-refractivity contribution in [2.45, 2.75) is 0 Å². The van der Waals surface area contributed by atoms with Gasteiger partial charge >= 0.3 is 0 Å². The van der Waals surface area contributed by atoms with Gasteiger partial charge in [0.1, 0.15) is 24.1 Å². The molecule has 1 rings (SSSR count). The number of hydrogen-bond donors (Lipinski definition) is 0. The average molecular weight is 222 g/mol. The fourth-order valence-electron chi connectivity index (χ4n) is 0.995. The minimum atomic E-state index is 0.378. The van der Waals surface area contributed by atoms with Crippen molar-refractivity contribution in [3.8, 4) is 11.8 Å². The van der Waals surface area contributed by atoms with Crippen LogP contribution in [0.1, 0.15) is 5.69 Å². The maximum absolute atomic E-state index is 8.54. The topological polar surface area (TPSA) is 64.4 Å². The summed E-state index contributed by atoms with van der Waals surface area (Å²) in [5.74, 6) is 0.634. The van der Waals surface area contributed by atoms with E-state index in [1.54, 1.807) is 19.2 Å². The molecule has 0 unspecified atom stereocenters. The molecular formula is C11H14N2O3. The number of methoxy groups -OCH3 is 1. The van der Waals surface area contributed by atoms with E-state index in [9.17, 15) is 0 Å². The van der Waals surface area contributed by atoms with Gasteiger partial charge in [-0.05, 0) is 12.1 Å². The minimum absolute atomic E-state index is 0.378. The van der Waals surface area contributed by atoms with Crippen LogP contribution in [-0.4, -0.2) is 38.5 Å². The van der Waals surface area contributed by atoms with Crippen molar-refractivity contribution in [1.82, 2.24) is 4.98 Å². The third-order valence-electron chi connectivity index (χ3n) is 1.78. The second-order valence-electron chi connectivity index (χ2n) is 2.94. The Balaban J connectivity index is 2.15. The molecule has 5 heteroatoms. The van der Waals surface area contributed by atoms with Crippen LogP contribution >= 0.6 is 0 Å². The molecule has 1 aromatic rings. The highest BCUT2D eigenvalue weighted by atomic mass is 16.5. The van der Waals surface area contributed by atoms with Crippen molar-refractivity contribution >= 4 is 0 Å². The van der Waals surface area contributed by atoms with E-state index in [-0.39, 0.29) is 0 Å². The first-order valence-corrected chi connectivity index (χ1v) is 4.92. The lowest BCUT2D eigenvalue weighted by Crippen LogP contribution is -2.10. The Bertz CT molecular complexity index is 332. The van der Waals surface area contributed by atoms with Gasteiger partial charge in [0.25, 0.3) is 0 Å². The van der Waals surface area contributed by atoms with Crippen LogP contribution in [0.15, 0.2) is 18.3 Å². The second-order valence-corrected chi connectivity index (χ2v) is 2.94. The molecule has 16 heavy (non-hydrogen) atoms. The van der Waals surface area contributed by atoms with Gasteiger partial charge in [-0.1, -0.05) is 0 Å². The molecule has 1 aromatic heterocycles. The zero-order chi connectivity index (χ0) is 11.6. The smallest absolute Gasteiger partial charge is 0.140 e. The van der Waals surface area contributed by atoms with Gasteiger partial charge < -0.3 is 14.2 Å². The van der Waals surface area contributed by atoms with E-state index < -0.39 is 0 Å². The van der Waals surface area contributed by atoms with Gasteiger partial charge in [0.2, 0.25) is 0 Å². The van der Waals surface area contributed by atoms with E-state index in [0.29, 0.717) is 37.9 Å². The van der Waals surface area contributed by atoms with Crippen LogP contribution in [0.4, 0.5) is 0 Å². The van der Waals surface area contributed by atoms with Crippen molar-refractivity contribution in [2.75, 3.05) is 33.5 Å². The maximum atomic E-state index is 8.54. The molecule has 0 aromatic carbocycles. The summed E-state index contributed by atoms with van der Waals surface area (Å²) in [6, 6.07) is 5.26. The van der Waals surface area contributed by atoms with Crippen LogP contribution in [0, 0.1) is 11.3 Å². The zero-order valence-electron chi connectivity index (χ0n) is 9.18. The number of nitrogens with zero attached hydrogens (tertiary/aromatic N) is 2. The van der Waals surface area contributed by atoms with E-state index >= 15 is 0 Å². The summed E-state index contributed by atoms with van der Waals surface area (Å²) < 4.78 is 15.4. The number of pyridine rings is 1. The Labute approximate surface area is 94.6 Å². The van der Waals surface area contributed by atoms with E-state index in [1.807, 2.05) is 6.07 Å². The molecule has 0 saturated carbocycles. The quantitative estimate of drug-likeness (QED) is 0.644. The van der Waals surface area contributed by atoms with E-state index in [1.165, 1.54) is 6.20 Å². The number of aromatic nitrogens is 1. The Kier molecular flexibility index (Phi) is 5.92. The lowest BCUT2D eigenvalue weighted by molar-refractivity contribution is 0.0544. The maximum Gasteiger partial charge on any atom is 0.140 e. The summed E-state index contributed by atoms with van der Waals surface area (Å²) in [6.45, 7) is 2.10. The van der Waals surface area contributed by atoms with Crippen molar-refractivity contribution in [3.05, 3.63) is 24.0 Å². The molecule has 0 aliphatic rings. The van der Waals surface area contributed by atoms with Crippen molar-refractivity contribution < 1.29 is 14.2 Å². The lowest BCUT2D eigenvalue weighted by atomic mass is 10.4. The van der Waals surface area contributed by atoms with Gasteiger partial charge in [0, 0.05) is 7.11 Å². The largest absolute Gasteiger partial charge is 0.490 e. The summed E-state index contributed by atoms with van der Waals surface area (Å²) in [6.07, 6.45) is 1.52. The van der Waals surface area contributed by atoms with E-state index in [0.717, 1.165) is 0 Å². The standard InChI is InChI=1S/C11H14N2O3/c1-14-4-5-15-6-7-16-11-3-2-10(8-12)13-9-11/h2-3,9H,4-7H2,1H3. The van der Waals surface area contributed by atoms with Gasteiger partial charge in [-0.3, -0.25) is 0 Å². The molecule has 5 nitrogen and oxygen atoms in total. The molecule has 86 valence electrons. The van der Waals surface area contributed by atoms with Gasteiger partial charge in [-0.25, -0.2) is 4.98 Å². The van der Waals surface area contributed by atoms with Crippen LogP contribution < -0.4 is 4.74 Å². The number of hydrogen-bond acceptors (Lipinski definition) is 5. The first-order chi connectivity index (χ1) is 7.86. The fourth-order valence-corrected chi connectivity index (χ4v) is 0.995. The first-order valence-electron chi connectivity index (χ1n) is 4.92. The van der Waals surface area contributed by atoms with Crippen molar-refractivity contribution in [1.29, 1.82) is 5.26 Å². The van der Waals surface area contributed by atoms with E-state index in [4.69, 9.17) is 19.5 Å². The van der Waals surface area contributed by atoms with Crippen LogP contribution in [0.2, 0.25) is 0 Å². The molecule has 0 spiro atoms. The second kappa shape index (κ2) is 7.63. The molecule has 0 aliphatic heterocycles. The normalized spacial score (nSPS) is 9.75. The number of nitriles is 1. The van der Waals surface area contributed by atoms with Crippen molar-refractivity contribution in [3.63, 3.8) is 0 Å². The molecule has 0 bridgehead atoms. The summed E-state index contributed by atoms with van der Waals surface area (Å²) >= 11 is 0. The summed E-state index contributed by atoms with van der Waals surface area (Å²) in [7, 11) is 1.63. The van der Waals surface area contributed by atoms with Crippen LogP contribution in [-0.2, 0) is 9.47 Å². The van der Waals surface area contributed by atoms with Gasteiger partial charge in [-0.15, -0.1) is 0 Å². The first kappa shape index (κ1) is 12.4. The van der Waals surface area contributed by atoms with Crippen LogP contribution in [0.3, 0.4) is 0 Å². The lowest BCUT2D eigenvalue weighted by Gasteiger charge is -2.06. The molecule has 0 atom stereocenters. The van der Waals surface area contributed by atoms with Crippen LogP contribution in [0.5, 0.6) is 5.75 Å². The summed E-state index contributed by atoms with van der Waals surface area (Å²) in [5, 5.41) is 8.54. The Morgan fingerprint density at radius 3 is 2.69 bits per heavy atom. The number of ether oxygens (including phenoxy) is 3. The number of rotatable bonds is 7. The Morgan fingerprint density at radius 1 is 1.25 bits per heavy atom. The molecule has 0 saturated heterocycles. The third-order valence-corrected chi connectivity index (χ3v) is 1.78. The monoisotopic (exact) mass is 222 g/mol. The molecule has 0 amide bonds. The van der Waals surface area contributed by atoms with Crippen molar-refractivity contribution in [2.24, 2.45) is 0 Å². The van der Waals surface area contributed by atoms with Gasteiger partial charge in [0.15, 0.2) is 0 Å². The summed E-state index contributed by atoms with van der Waals surface area (Å²) in [4.78, 5) is 3.88. The predicted molar refractivity (Wildman–Crippen MR) is 57.1 cm³/mol. The van der Waals surface area contributed by atoms with Gasteiger partial charge in [0.05, 0.1) is 26.0 Å². The predicted octanol–water partition coefficient (Wildman–Crippen LogP) is 0.995. The molecule has 0 aliphatic carbocycles. The molecule has 0 radical (unpaired) electrons. The summed E-state index contributed by atoms with van der Waals surface area (Å²) in [5.41, 5.74) is 0.378. The van der Waals surface area contributed by atoms with Crippen LogP contribution in [0.25, 0.3) is 0 Å². The Hall–Kier alpha value is -1.64. The van der Waals surface area contributed by atoms with E-state index in [2.05, 4.69) is 4.98 Å². The fraction of sp³-hybridized carbons (Fsp3) is 0.455.